The molecule has 18 heavy (non-hydrogen) atoms. The van der Waals surface area contributed by atoms with Crippen LogP contribution in [0.3, 0.4) is 0 Å². The predicted octanol–water partition coefficient (Wildman–Crippen LogP) is 2.36. The zero-order valence-corrected chi connectivity index (χ0v) is 10.6. The van der Waals surface area contributed by atoms with Crippen LogP contribution in [0.5, 0.6) is 0 Å². The second-order valence-corrected chi connectivity index (χ2v) is 4.72. The van der Waals surface area contributed by atoms with Gasteiger partial charge in [0.25, 0.3) is 0 Å². The van der Waals surface area contributed by atoms with E-state index in [1.807, 2.05) is 13.8 Å². The van der Waals surface area contributed by atoms with Crippen LogP contribution >= 0.6 is 0 Å². The summed E-state index contributed by atoms with van der Waals surface area (Å²) in [5.41, 5.74) is 5.94. The number of hydrogen-bond donors (Lipinski definition) is 2. The molecule has 1 aromatic rings. The summed E-state index contributed by atoms with van der Waals surface area (Å²) in [5.74, 6) is -2.97. The third kappa shape index (κ3) is 4.66. The number of rotatable bonds is 6. The highest BCUT2D eigenvalue weighted by Gasteiger charge is 2.12. The Kier molecular flexibility index (Phi) is 5.62. The van der Waals surface area contributed by atoms with Crippen molar-refractivity contribution in [1.29, 1.82) is 0 Å². The molecule has 3 N–H and O–H groups in total. The fourth-order valence-corrected chi connectivity index (χ4v) is 1.66. The van der Waals surface area contributed by atoms with Crippen molar-refractivity contribution < 1.29 is 13.2 Å². The van der Waals surface area contributed by atoms with Gasteiger partial charge in [0, 0.05) is 18.2 Å². The number of nitrogens with one attached hydrogen (secondary N) is 1. The van der Waals surface area contributed by atoms with Gasteiger partial charge in [-0.3, -0.25) is 0 Å². The molecule has 2 nitrogen and oxygen atoms in total. The first-order valence-corrected chi connectivity index (χ1v) is 6.02. The minimum atomic E-state index is -1.17. The average Bonchev–Trinajstić information content (AvgIpc) is 2.25. The van der Waals surface area contributed by atoms with Gasteiger partial charge in [-0.15, -0.1) is 0 Å². The van der Waals surface area contributed by atoms with E-state index < -0.39 is 17.5 Å². The maximum Gasteiger partial charge on any atom is 0.161 e. The molecule has 1 rings (SSSR count). The van der Waals surface area contributed by atoms with Gasteiger partial charge in [0.2, 0.25) is 0 Å². The molecule has 1 aromatic carbocycles. The fourth-order valence-electron chi connectivity index (χ4n) is 1.66. The zero-order valence-electron chi connectivity index (χ0n) is 10.6. The molecule has 1 unspecified atom stereocenters. The predicted molar refractivity (Wildman–Crippen MR) is 65.8 cm³/mol. The van der Waals surface area contributed by atoms with Crippen LogP contribution in [0, 0.1) is 17.5 Å². The van der Waals surface area contributed by atoms with E-state index in [2.05, 4.69) is 5.32 Å². The summed E-state index contributed by atoms with van der Waals surface area (Å²) < 4.78 is 39.1. The number of nitrogens with two attached hydrogens (primary N) is 1. The van der Waals surface area contributed by atoms with Crippen LogP contribution in [0.25, 0.3) is 0 Å². The van der Waals surface area contributed by atoms with Gasteiger partial charge in [0.1, 0.15) is 5.82 Å². The molecule has 0 saturated carbocycles. The van der Waals surface area contributed by atoms with Crippen molar-refractivity contribution in [2.75, 3.05) is 6.54 Å². The van der Waals surface area contributed by atoms with E-state index in [9.17, 15) is 13.2 Å². The monoisotopic (exact) mass is 260 g/mol. The van der Waals surface area contributed by atoms with Gasteiger partial charge in [0.05, 0.1) is 0 Å². The van der Waals surface area contributed by atoms with Crippen molar-refractivity contribution in [2.45, 2.75) is 38.8 Å². The van der Waals surface area contributed by atoms with Crippen LogP contribution in [-0.4, -0.2) is 18.6 Å². The van der Waals surface area contributed by atoms with Gasteiger partial charge in [-0.2, -0.15) is 0 Å². The van der Waals surface area contributed by atoms with Crippen molar-refractivity contribution in [1.82, 2.24) is 5.32 Å². The lowest BCUT2D eigenvalue weighted by molar-refractivity contribution is 0.480. The molecule has 1 atom stereocenters. The lowest BCUT2D eigenvalue weighted by atomic mass is 10.0. The number of halogens is 3. The first-order valence-electron chi connectivity index (χ1n) is 6.02. The summed E-state index contributed by atoms with van der Waals surface area (Å²) in [5, 5.41) is 3.19. The smallest absolute Gasteiger partial charge is 0.161 e. The summed E-state index contributed by atoms with van der Waals surface area (Å²) in [7, 11) is 0. The highest BCUT2D eigenvalue weighted by atomic mass is 19.2. The molecule has 0 saturated heterocycles. The molecule has 5 heteroatoms. The van der Waals surface area contributed by atoms with Crippen LogP contribution in [0.2, 0.25) is 0 Å². The van der Waals surface area contributed by atoms with E-state index in [-0.39, 0.29) is 18.0 Å². The highest BCUT2D eigenvalue weighted by Crippen LogP contribution is 2.15. The van der Waals surface area contributed by atoms with Crippen molar-refractivity contribution in [3.8, 4) is 0 Å². The SMILES string of the molecule is CC(C)NCCC(N)Cc1cc(F)c(F)cc1F. The molecule has 0 aliphatic rings. The first kappa shape index (κ1) is 15.0. The lowest BCUT2D eigenvalue weighted by Gasteiger charge is -2.14. The van der Waals surface area contributed by atoms with Gasteiger partial charge in [-0.25, -0.2) is 13.2 Å². The van der Waals surface area contributed by atoms with Gasteiger partial charge in [-0.1, -0.05) is 13.8 Å². The summed E-state index contributed by atoms with van der Waals surface area (Å²) in [4.78, 5) is 0. The second kappa shape index (κ2) is 6.75. The molecule has 102 valence electrons. The Morgan fingerprint density at radius 3 is 2.33 bits per heavy atom. The third-order valence-corrected chi connectivity index (χ3v) is 2.64. The van der Waals surface area contributed by atoms with Gasteiger partial charge in [-0.05, 0) is 31.0 Å². The maximum absolute atomic E-state index is 13.4. The largest absolute Gasteiger partial charge is 0.327 e. The van der Waals surface area contributed by atoms with Crippen LogP contribution in [0.1, 0.15) is 25.8 Å². The Labute approximate surface area is 105 Å². The fraction of sp³-hybridized carbons (Fsp3) is 0.538. The Hall–Kier alpha value is -1.07. The Morgan fingerprint density at radius 1 is 1.11 bits per heavy atom. The molecule has 0 aliphatic carbocycles. The quantitative estimate of drug-likeness (QED) is 0.771. The molecule has 0 fully saturated rings. The molecular formula is C13H19F3N2. The van der Waals surface area contributed by atoms with Gasteiger partial charge >= 0.3 is 0 Å². The second-order valence-electron chi connectivity index (χ2n) is 4.72. The highest BCUT2D eigenvalue weighted by molar-refractivity contribution is 5.21. The molecule has 0 spiro atoms. The van der Waals surface area contributed by atoms with Crippen molar-refractivity contribution >= 4 is 0 Å². The Balaban J connectivity index is 2.54. The Bertz CT molecular complexity index is 394. The van der Waals surface area contributed by atoms with Gasteiger partial charge in [0.15, 0.2) is 11.6 Å². The van der Waals surface area contributed by atoms with E-state index in [0.29, 0.717) is 25.1 Å². The molecule has 0 aliphatic heterocycles. The van der Waals surface area contributed by atoms with E-state index in [1.165, 1.54) is 0 Å². The van der Waals surface area contributed by atoms with Crippen LogP contribution in [0.15, 0.2) is 12.1 Å². The summed E-state index contributed by atoms with van der Waals surface area (Å²) in [6.45, 7) is 4.74. The summed E-state index contributed by atoms with van der Waals surface area (Å²) in [6.07, 6.45) is 0.847. The summed E-state index contributed by atoms with van der Waals surface area (Å²) >= 11 is 0. The molecule has 0 heterocycles. The standard InChI is InChI=1S/C13H19F3N2/c1-8(2)18-4-3-10(17)5-9-6-12(15)13(16)7-11(9)14/h6-8,10,18H,3-5,17H2,1-2H3. The van der Waals surface area contributed by atoms with Crippen molar-refractivity contribution in [3.63, 3.8) is 0 Å². The molecular weight excluding hydrogens is 241 g/mol. The van der Waals surface area contributed by atoms with Gasteiger partial charge < -0.3 is 11.1 Å². The molecule has 0 aromatic heterocycles. The third-order valence-electron chi connectivity index (χ3n) is 2.64. The average molecular weight is 260 g/mol. The topological polar surface area (TPSA) is 38.0 Å². The maximum atomic E-state index is 13.4. The normalized spacial score (nSPS) is 13.1. The molecule has 0 radical (unpaired) electrons. The lowest BCUT2D eigenvalue weighted by Crippen LogP contribution is -2.31. The number of hydrogen-bond acceptors (Lipinski definition) is 2. The van der Waals surface area contributed by atoms with Crippen LogP contribution in [-0.2, 0) is 6.42 Å². The first-order chi connectivity index (χ1) is 8.40. The molecule has 0 amide bonds. The molecule has 0 bridgehead atoms. The minimum Gasteiger partial charge on any atom is -0.327 e. The van der Waals surface area contributed by atoms with E-state index >= 15 is 0 Å². The number of benzene rings is 1. The summed E-state index contributed by atoms with van der Waals surface area (Å²) in [6, 6.07) is 1.51. The van der Waals surface area contributed by atoms with Crippen LogP contribution < -0.4 is 11.1 Å². The van der Waals surface area contributed by atoms with E-state index in [4.69, 9.17) is 5.73 Å². The zero-order chi connectivity index (χ0) is 13.7. The van der Waals surface area contributed by atoms with Crippen molar-refractivity contribution in [3.05, 3.63) is 35.1 Å². The Morgan fingerprint density at radius 2 is 1.72 bits per heavy atom. The van der Waals surface area contributed by atoms with E-state index in [0.717, 1.165) is 6.07 Å². The van der Waals surface area contributed by atoms with Crippen molar-refractivity contribution in [2.24, 2.45) is 5.73 Å². The van der Waals surface area contributed by atoms with Crippen LogP contribution in [0.4, 0.5) is 13.2 Å². The minimum absolute atomic E-state index is 0.117. The van der Waals surface area contributed by atoms with E-state index in [1.54, 1.807) is 0 Å².